The summed E-state index contributed by atoms with van der Waals surface area (Å²) in [7, 11) is 0. The summed E-state index contributed by atoms with van der Waals surface area (Å²) >= 11 is 0. The van der Waals surface area contributed by atoms with Crippen molar-refractivity contribution in [3.63, 3.8) is 0 Å². The lowest BCUT2D eigenvalue weighted by Crippen LogP contribution is -2.20. The fourth-order valence-corrected chi connectivity index (χ4v) is 0.475. The summed E-state index contributed by atoms with van der Waals surface area (Å²) in [5.41, 5.74) is 2.89. The van der Waals surface area contributed by atoms with Crippen LogP contribution < -0.4 is 5.48 Å². The SMILES string of the molecule is CCCCNOC(C)C. The summed E-state index contributed by atoms with van der Waals surface area (Å²) < 4.78 is 0. The number of hydroxylamine groups is 1. The first kappa shape index (κ1) is 8.92. The van der Waals surface area contributed by atoms with Crippen LogP contribution in [0, 0.1) is 0 Å². The Labute approximate surface area is 57.5 Å². The van der Waals surface area contributed by atoms with Gasteiger partial charge >= 0.3 is 0 Å². The Morgan fingerprint density at radius 1 is 1.44 bits per heavy atom. The molecule has 0 amide bonds. The third-order valence-electron chi connectivity index (χ3n) is 0.951. The molecule has 2 nitrogen and oxygen atoms in total. The van der Waals surface area contributed by atoms with E-state index < -0.39 is 0 Å². The van der Waals surface area contributed by atoms with Gasteiger partial charge in [0.25, 0.3) is 0 Å². The van der Waals surface area contributed by atoms with Gasteiger partial charge in [0.1, 0.15) is 0 Å². The van der Waals surface area contributed by atoms with E-state index in [-0.39, 0.29) is 0 Å². The van der Waals surface area contributed by atoms with Gasteiger partial charge in [-0.05, 0) is 20.3 Å². The molecule has 0 heterocycles. The second kappa shape index (κ2) is 6.05. The van der Waals surface area contributed by atoms with E-state index >= 15 is 0 Å². The number of hydrogen-bond donors (Lipinski definition) is 1. The van der Waals surface area contributed by atoms with E-state index in [2.05, 4.69) is 12.4 Å². The van der Waals surface area contributed by atoms with Gasteiger partial charge in [-0.3, -0.25) is 4.84 Å². The maximum atomic E-state index is 5.09. The second-order valence-corrected chi connectivity index (χ2v) is 2.41. The summed E-state index contributed by atoms with van der Waals surface area (Å²) in [5.74, 6) is 0. The van der Waals surface area contributed by atoms with Crippen LogP contribution in [0.5, 0.6) is 0 Å². The molecule has 0 aliphatic rings. The lowest BCUT2D eigenvalue weighted by molar-refractivity contribution is -0.00511. The van der Waals surface area contributed by atoms with Gasteiger partial charge in [0.15, 0.2) is 0 Å². The summed E-state index contributed by atoms with van der Waals surface area (Å²) in [5, 5.41) is 0. The van der Waals surface area contributed by atoms with Crippen molar-refractivity contribution in [1.82, 2.24) is 5.48 Å². The van der Waals surface area contributed by atoms with Crippen LogP contribution in [-0.4, -0.2) is 12.6 Å². The molecule has 0 aromatic rings. The summed E-state index contributed by atoms with van der Waals surface area (Å²) in [6, 6.07) is 0. The predicted molar refractivity (Wildman–Crippen MR) is 39.1 cm³/mol. The lowest BCUT2D eigenvalue weighted by Gasteiger charge is -2.06. The summed E-state index contributed by atoms with van der Waals surface area (Å²) in [6.45, 7) is 7.16. The number of unbranched alkanes of at least 4 members (excludes halogenated alkanes) is 1. The molecule has 0 aliphatic heterocycles. The van der Waals surface area contributed by atoms with Gasteiger partial charge < -0.3 is 0 Å². The van der Waals surface area contributed by atoms with Crippen LogP contribution in [0.4, 0.5) is 0 Å². The minimum atomic E-state index is 0.293. The average molecular weight is 131 g/mol. The normalized spacial score (nSPS) is 10.7. The standard InChI is InChI=1S/C7H17NO/c1-4-5-6-8-9-7(2)3/h7-8H,4-6H2,1-3H3. The molecule has 1 N–H and O–H groups in total. The molecule has 0 spiro atoms. The van der Waals surface area contributed by atoms with Gasteiger partial charge in [0.05, 0.1) is 6.10 Å². The van der Waals surface area contributed by atoms with Crippen LogP contribution in [0.25, 0.3) is 0 Å². The minimum absolute atomic E-state index is 0.293. The molecule has 0 rings (SSSR count). The smallest absolute Gasteiger partial charge is 0.0734 e. The molecule has 56 valence electrons. The molecular weight excluding hydrogens is 114 g/mol. The first-order valence-electron chi connectivity index (χ1n) is 3.66. The highest BCUT2D eigenvalue weighted by Gasteiger charge is 1.89. The third kappa shape index (κ3) is 7.92. The van der Waals surface area contributed by atoms with Crippen LogP contribution in [-0.2, 0) is 4.84 Å². The first-order chi connectivity index (χ1) is 4.27. The first-order valence-corrected chi connectivity index (χ1v) is 3.66. The molecule has 0 aromatic heterocycles. The Balaban J connectivity index is 2.75. The highest BCUT2D eigenvalue weighted by Crippen LogP contribution is 1.85. The van der Waals surface area contributed by atoms with Crippen molar-refractivity contribution in [1.29, 1.82) is 0 Å². The molecule has 9 heavy (non-hydrogen) atoms. The maximum absolute atomic E-state index is 5.09. The molecule has 0 bridgehead atoms. The molecule has 0 unspecified atom stereocenters. The molecule has 0 saturated heterocycles. The van der Waals surface area contributed by atoms with Crippen LogP contribution in [0.2, 0.25) is 0 Å². The summed E-state index contributed by atoms with van der Waals surface area (Å²) in [4.78, 5) is 5.09. The average Bonchev–Trinajstić information content (AvgIpc) is 1.80. The molecule has 0 fully saturated rings. The Bertz CT molecular complexity index is 54.9. The van der Waals surface area contributed by atoms with Crippen molar-refractivity contribution in [3.8, 4) is 0 Å². The fourth-order valence-electron chi connectivity index (χ4n) is 0.475. The van der Waals surface area contributed by atoms with Crippen molar-refractivity contribution in [2.24, 2.45) is 0 Å². The minimum Gasteiger partial charge on any atom is -0.299 e. The van der Waals surface area contributed by atoms with E-state index in [1.54, 1.807) is 0 Å². The number of nitrogens with one attached hydrogen (secondary N) is 1. The Hall–Kier alpha value is -0.0800. The zero-order valence-corrected chi connectivity index (χ0v) is 6.61. The van der Waals surface area contributed by atoms with E-state index in [9.17, 15) is 0 Å². The van der Waals surface area contributed by atoms with Crippen molar-refractivity contribution in [3.05, 3.63) is 0 Å². The monoisotopic (exact) mass is 131 g/mol. The molecule has 0 radical (unpaired) electrons. The zero-order chi connectivity index (χ0) is 7.11. The Kier molecular flexibility index (Phi) is 5.99. The predicted octanol–water partition coefficient (Wildman–Crippen LogP) is 1.72. The van der Waals surface area contributed by atoms with Crippen molar-refractivity contribution < 1.29 is 4.84 Å². The quantitative estimate of drug-likeness (QED) is 0.453. The van der Waals surface area contributed by atoms with Gasteiger partial charge in [0.2, 0.25) is 0 Å². The molecule has 0 atom stereocenters. The van der Waals surface area contributed by atoms with E-state index in [0.717, 1.165) is 6.54 Å². The molecule has 0 aliphatic carbocycles. The Morgan fingerprint density at radius 3 is 2.56 bits per heavy atom. The maximum Gasteiger partial charge on any atom is 0.0734 e. The lowest BCUT2D eigenvalue weighted by atomic mass is 10.3. The van der Waals surface area contributed by atoms with Crippen molar-refractivity contribution in [2.45, 2.75) is 39.7 Å². The van der Waals surface area contributed by atoms with Crippen LogP contribution >= 0.6 is 0 Å². The number of hydrogen-bond acceptors (Lipinski definition) is 2. The van der Waals surface area contributed by atoms with E-state index in [0.29, 0.717) is 6.10 Å². The van der Waals surface area contributed by atoms with Gasteiger partial charge in [-0.25, -0.2) is 5.48 Å². The van der Waals surface area contributed by atoms with Crippen molar-refractivity contribution in [2.75, 3.05) is 6.54 Å². The van der Waals surface area contributed by atoms with Gasteiger partial charge in [0, 0.05) is 6.54 Å². The van der Waals surface area contributed by atoms with E-state index in [4.69, 9.17) is 4.84 Å². The highest BCUT2D eigenvalue weighted by molar-refractivity contribution is 4.36. The van der Waals surface area contributed by atoms with E-state index in [1.165, 1.54) is 12.8 Å². The van der Waals surface area contributed by atoms with E-state index in [1.807, 2.05) is 13.8 Å². The van der Waals surface area contributed by atoms with Gasteiger partial charge in [-0.1, -0.05) is 13.3 Å². The molecule has 0 aromatic carbocycles. The van der Waals surface area contributed by atoms with Gasteiger partial charge in [-0.2, -0.15) is 0 Å². The van der Waals surface area contributed by atoms with Crippen LogP contribution in [0.1, 0.15) is 33.6 Å². The van der Waals surface area contributed by atoms with Crippen molar-refractivity contribution >= 4 is 0 Å². The van der Waals surface area contributed by atoms with Crippen LogP contribution in [0.15, 0.2) is 0 Å². The highest BCUT2D eigenvalue weighted by atomic mass is 16.7. The Morgan fingerprint density at radius 2 is 2.11 bits per heavy atom. The molecular formula is C7H17NO. The second-order valence-electron chi connectivity index (χ2n) is 2.41. The number of rotatable bonds is 5. The van der Waals surface area contributed by atoms with Crippen LogP contribution in [0.3, 0.4) is 0 Å². The molecule has 2 heteroatoms. The fraction of sp³-hybridized carbons (Fsp3) is 1.00. The largest absolute Gasteiger partial charge is 0.299 e. The molecule has 0 saturated carbocycles. The third-order valence-corrected chi connectivity index (χ3v) is 0.951. The topological polar surface area (TPSA) is 21.3 Å². The zero-order valence-electron chi connectivity index (χ0n) is 6.61. The van der Waals surface area contributed by atoms with Gasteiger partial charge in [-0.15, -0.1) is 0 Å². The summed E-state index contributed by atoms with van der Waals surface area (Å²) in [6.07, 6.45) is 2.70.